The zero-order valence-corrected chi connectivity index (χ0v) is 15.9. The molecule has 142 valence electrons. The first-order valence-corrected chi connectivity index (χ1v) is 9.38. The van der Waals surface area contributed by atoms with Gasteiger partial charge in [-0.25, -0.2) is 0 Å². The molecule has 2 N–H and O–H groups in total. The lowest BCUT2D eigenvalue weighted by Crippen LogP contribution is -2.36. The molecule has 2 aromatic rings. The van der Waals surface area contributed by atoms with Gasteiger partial charge in [-0.15, -0.1) is 11.8 Å². The predicted molar refractivity (Wildman–Crippen MR) is 102 cm³/mol. The summed E-state index contributed by atoms with van der Waals surface area (Å²) in [5, 5.41) is 11.9. The molecule has 0 aromatic heterocycles. The summed E-state index contributed by atoms with van der Waals surface area (Å²) >= 11 is 1.51. The number of nitrogens with one attached hydrogen (secondary N) is 1. The van der Waals surface area contributed by atoms with Crippen LogP contribution >= 0.6 is 11.8 Å². The molecule has 1 amide bonds. The Balaban J connectivity index is 1.78. The lowest BCUT2D eigenvalue weighted by atomic mass is 10.0. The fourth-order valence-corrected chi connectivity index (χ4v) is 4.29. The molecule has 6 nitrogen and oxygen atoms in total. The summed E-state index contributed by atoms with van der Waals surface area (Å²) in [6.07, 6.45) is 0.421. The molecule has 1 aliphatic rings. The predicted octanol–water partition coefficient (Wildman–Crippen LogP) is 3.05. The summed E-state index contributed by atoms with van der Waals surface area (Å²) in [5.74, 6) is -0.125. The summed E-state index contributed by atoms with van der Waals surface area (Å²) in [5.41, 5.74) is 1.80. The molecule has 0 saturated heterocycles. The third-order valence-corrected chi connectivity index (χ3v) is 5.76. The Morgan fingerprint density at radius 3 is 2.59 bits per heavy atom. The van der Waals surface area contributed by atoms with E-state index in [0.29, 0.717) is 23.5 Å². The largest absolute Gasteiger partial charge is 0.493 e. The third-order valence-electron chi connectivity index (χ3n) is 4.44. The summed E-state index contributed by atoms with van der Waals surface area (Å²) in [7, 11) is 3.04. The lowest BCUT2D eigenvalue weighted by molar-refractivity contribution is -0.137. The summed E-state index contributed by atoms with van der Waals surface area (Å²) in [6.45, 7) is 0. The Hall–Kier alpha value is -2.67. The molecular formula is C20H21NO5S. The van der Waals surface area contributed by atoms with Crippen molar-refractivity contribution < 1.29 is 24.2 Å². The van der Waals surface area contributed by atoms with E-state index in [2.05, 4.69) is 5.32 Å². The number of ether oxygens (including phenoxy) is 2. The van der Waals surface area contributed by atoms with Crippen molar-refractivity contribution in [1.29, 1.82) is 0 Å². The SMILES string of the molecule is COc1ccc(C(CC(=O)O)NC(=O)C2Cc3ccccc3S2)cc1OC. The van der Waals surface area contributed by atoms with E-state index in [-0.39, 0.29) is 17.6 Å². The van der Waals surface area contributed by atoms with Gasteiger partial charge in [0.15, 0.2) is 11.5 Å². The number of rotatable bonds is 7. The standard InChI is InChI=1S/C20H21NO5S/c1-25-15-8-7-12(9-16(15)26-2)14(11-19(22)23)21-20(24)18-10-13-5-3-4-6-17(13)27-18/h3-9,14,18H,10-11H2,1-2H3,(H,21,24)(H,22,23). The number of carbonyl (C=O) groups is 2. The Morgan fingerprint density at radius 2 is 1.93 bits per heavy atom. The second-order valence-corrected chi connectivity index (χ2v) is 7.44. The van der Waals surface area contributed by atoms with Crippen LogP contribution in [0, 0.1) is 0 Å². The lowest BCUT2D eigenvalue weighted by Gasteiger charge is -2.21. The maximum Gasteiger partial charge on any atom is 0.305 e. The van der Waals surface area contributed by atoms with Crippen molar-refractivity contribution in [2.75, 3.05) is 14.2 Å². The average Bonchev–Trinajstić information content (AvgIpc) is 3.11. The van der Waals surface area contributed by atoms with E-state index < -0.39 is 12.0 Å². The van der Waals surface area contributed by atoms with Gasteiger partial charge in [-0.2, -0.15) is 0 Å². The number of benzene rings is 2. The van der Waals surface area contributed by atoms with Crippen LogP contribution in [0.1, 0.15) is 23.6 Å². The quantitative estimate of drug-likeness (QED) is 0.760. The monoisotopic (exact) mass is 387 g/mol. The molecule has 3 rings (SSSR count). The minimum Gasteiger partial charge on any atom is -0.493 e. The Labute approximate surface area is 161 Å². The van der Waals surface area contributed by atoms with E-state index in [1.54, 1.807) is 18.2 Å². The molecule has 0 fully saturated rings. The van der Waals surface area contributed by atoms with Gasteiger partial charge < -0.3 is 19.9 Å². The van der Waals surface area contributed by atoms with Crippen molar-refractivity contribution in [3.8, 4) is 11.5 Å². The highest BCUT2D eigenvalue weighted by Crippen LogP contribution is 2.37. The van der Waals surface area contributed by atoms with Crippen LogP contribution in [0.25, 0.3) is 0 Å². The van der Waals surface area contributed by atoms with Crippen LogP contribution in [0.3, 0.4) is 0 Å². The highest BCUT2D eigenvalue weighted by atomic mass is 32.2. The first kappa shape index (κ1) is 19.1. The average molecular weight is 387 g/mol. The molecule has 0 radical (unpaired) electrons. The number of carboxylic acids is 1. The number of carbonyl (C=O) groups excluding carboxylic acids is 1. The minimum atomic E-state index is -0.988. The highest BCUT2D eigenvalue weighted by molar-refractivity contribution is 8.01. The molecule has 0 aliphatic carbocycles. The van der Waals surface area contributed by atoms with E-state index in [4.69, 9.17) is 9.47 Å². The maximum absolute atomic E-state index is 12.8. The van der Waals surface area contributed by atoms with Crippen molar-refractivity contribution in [3.05, 3.63) is 53.6 Å². The van der Waals surface area contributed by atoms with E-state index in [9.17, 15) is 14.7 Å². The first-order chi connectivity index (χ1) is 13.0. The Morgan fingerprint density at radius 1 is 1.19 bits per heavy atom. The zero-order valence-electron chi connectivity index (χ0n) is 15.1. The number of hydrogen-bond donors (Lipinski definition) is 2. The van der Waals surface area contributed by atoms with Crippen LogP contribution < -0.4 is 14.8 Å². The number of aliphatic carboxylic acids is 1. The topological polar surface area (TPSA) is 84.9 Å². The normalized spacial score (nSPS) is 16.3. The molecule has 2 unspecified atom stereocenters. The van der Waals surface area contributed by atoms with Gasteiger partial charge >= 0.3 is 5.97 Å². The summed E-state index contributed by atoms with van der Waals surface area (Å²) < 4.78 is 10.5. The molecule has 27 heavy (non-hydrogen) atoms. The third kappa shape index (κ3) is 4.36. The molecule has 7 heteroatoms. The number of thioether (sulfide) groups is 1. The molecule has 2 atom stereocenters. The van der Waals surface area contributed by atoms with E-state index in [1.165, 1.54) is 26.0 Å². The van der Waals surface area contributed by atoms with Gasteiger partial charge in [0.2, 0.25) is 5.91 Å². The van der Waals surface area contributed by atoms with Crippen molar-refractivity contribution in [1.82, 2.24) is 5.32 Å². The Kier molecular flexibility index (Phi) is 5.91. The van der Waals surface area contributed by atoms with Gasteiger partial charge in [-0.3, -0.25) is 9.59 Å². The fourth-order valence-electron chi connectivity index (χ4n) is 3.09. The van der Waals surface area contributed by atoms with E-state index in [0.717, 1.165) is 10.5 Å². The van der Waals surface area contributed by atoms with Crippen molar-refractivity contribution in [2.45, 2.75) is 29.0 Å². The number of carboxylic acid groups (broad SMARTS) is 1. The molecule has 1 heterocycles. The molecule has 0 spiro atoms. The minimum absolute atomic E-state index is 0.169. The second kappa shape index (κ2) is 8.35. The van der Waals surface area contributed by atoms with Crippen molar-refractivity contribution >= 4 is 23.6 Å². The molecular weight excluding hydrogens is 366 g/mol. The van der Waals surface area contributed by atoms with Gasteiger partial charge in [-0.05, 0) is 35.7 Å². The van der Waals surface area contributed by atoms with Crippen LogP contribution in [-0.2, 0) is 16.0 Å². The molecule has 1 aliphatic heterocycles. The van der Waals surface area contributed by atoms with Gasteiger partial charge in [-0.1, -0.05) is 24.3 Å². The maximum atomic E-state index is 12.8. The van der Waals surface area contributed by atoms with Gasteiger partial charge in [0.25, 0.3) is 0 Å². The first-order valence-electron chi connectivity index (χ1n) is 8.50. The van der Waals surface area contributed by atoms with Gasteiger partial charge in [0.05, 0.1) is 31.9 Å². The van der Waals surface area contributed by atoms with Crippen molar-refractivity contribution in [3.63, 3.8) is 0 Å². The van der Waals surface area contributed by atoms with Crippen LogP contribution in [-0.4, -0.2) is 36.5 Å². The smallest absolute Gasteiger partial charge is 0.305 e. The molecule has 0 bridgehead atoms. The van der Waals surface area contributed by atoms with E-state index in [1.807, 2.05) is 24.3 Å². The molecule has 2 aromatic carbocycles. The number of fused-ring (bicyclic) bond motifs is 1. The summed E-state index contributed by atoms with van der Waals surface area (Å²) in [4.78, 5) is 25.2. The highest BCUT2D eigenvalue weighted by Gasteiger charge is 2.30. The zero-order chi connectivity index (χ0) is 19.4. The van der Waals surface area contributed by atoms with Gasteiger partial charge in [0.1, 0.15) is 0 Å². The van der Waals surface area contributed by atoms with Crippen LogP contribution in [0.2, 0.25) is 0 Å². The van der Waals surface area contributed by atoms with Crippen LogP contribution in [0.15, 0.2) is 47.4 Å². The molecule has 0 saturated carbocycles. The summed E-state index contributed by atoms with van der Waals surface area (Å²) in [6, 6.07) is 12.4. The van der Waals surface area contributed by atoms with Gasteiger partial charge in [0, 0.05) is 4.90 Å². The van der Waals surface area contributed by atoms with Crippen molar-refractivity contribution in [2.24, 2.45) is 0 Å². The number of methoxy groups -OCH3 is 2. The second-order valence-electron chi connectivity index (χ2n) is 6.19. The Bertz CT molecular complexity index is 829. The van der Waals surface area contributed by atoms with E-state index >= 15 is 0 Å². The fraction of sp³-hybridized carbons (Fsp3) is 0.300. The van der Waals surface area contributed by atoms with Crippen LogP contribution in [0.5, 0.6) is 11.5 Å². The van der Waals surface area contributed by atoms with Crippen LogP contribution in [0.4, 0.5) is 0 Å². The number of hydrogen-bond acceptors (Lipinski definition) is 5. The number of amides is 1.